The number of aromatic amines is 1. The van der Waals surface area contributed by atoms with Crippen LogP contribution in [-0.4, -0.2) is 61.1 Å². The summed E-state index contributed by atoms with van der Waals surface area (Å²) >= 11 is 0. The lowest BCUT2D eigenvalue weighted by atomic mass is 10.1. The number of H-pyrrole nitrogens is 1. The van der Waals surface area contributed by atoms with E-state index in [4.69, 9.17) is 19.3 Å². The van der Waals surface area contributed by atoms with E-state index in [9.17, 15) is 24.4 Å². The van der Waals surface area contributed by atoms with Crippen LogP contribution in [0.15, 0.2) is 9.59 Å². The van der Waals surface area contributed by atoms with Gasteiger partial charge in [0.05, 0.1) is 17.2 Å². The molecule has 1 saturated heterocycles. The summed E-state index contributed by atoms with van der Waals surface area (Å²) in [4.78, 5) is 43.5. The van der Waals surface area contributed by atoms with Crippen molar-refractivity contribution >= 4 is 20.2 Å². The number of aliphatic hydroxyl groups excluding tert-OH is 2. The molecule has 0 radical (unpaired) electrons. The Balaban J connectivity index is 2.00. The first-order valence-electron chi connectivity index (χ1n) is 7.07. The third-order valence-corrected chi connectivity index (χ3v) is 4.28. The Morgan fingerprint density at radius 3 is 2.72 bits per heavy atom. The fourth-order valence-electron chi connectivity index (χ4n) is 2.66. The lowest BCUT2D eigenvalue weighted by Gasteiger charge is -2.19. The molecule has 25 heavy (non-hydrogen) atoms. The molecule has 2 aliphatic rings. The molecule has 1 aromatic heterocycles. The van der Waals surface area contributed by atoms with Crippen LogP contribution in [0.5, 0.6) is 0 Å². The van der Waals surface area contributed by atoms with Crippen molar-refractivity contribution in [3.63, 3.8) is 0 Å². The molecule has 3 heterocycles. The van der Waals surface area contributed by atoms with Crippen molar-refractivity contribution in [3.05, 3.63) is 31.4 Å². The maximum Gasteiger partial charge on any atom is 0.469 e. The molecule has 2 aliphatic heterocycles. The van der Waals surface area contributed by atoms with Gasteiger partial charge in [-0.25, -0.2) is 9.36 Å². The molecule has 0 aromatic carbocycles. The number of nitrogens with one attached hydrogen (secondary N) is 1. The van der Waals surface area contributed by atoms with Gasteiger partial charge in [-0.15, -0.1) is 0 Å². The van der Waals surface area contributed by atoms with E-state index in [1.54, 1.807) is 0 Å². The van der Waals surface area contributed by atoms with Crippen molar-refractivity contribution in [1.29, 1.82) is 0 Å². The minimum atomic E-state index is -4.81. The van der Waals surface area contributed by atoms with E-state index in [0.717, 1.165) is 10.8 Å². The number of phosphoric acid groups is 1. The van der Waals surface area contributed by atoms with Gasteiger partial charge in [0.25, 0.3) is 5.56 Å². The monoisotopic (exact) mass is 378 g/mol. The predicted octanol–water partition coefficient (Wildman–Crippen LogP) is -4.19. The molecule has 1 fully saturated rings. The van der Waals surface area contributed by atoms with Gasteiger partial charge in [-0.1, -0.05) is 0 Å². The van der Waals surface area contributed by atoms with Gasteiger partial charge in [0.15, 0.2) is 6.23 Å². The molecule has 0 saturated carbocycles. The van der Waals surface area contributed by atoms with Crippen LogP contribution >= 0.6 is 7.82 Å². The summed E-state index contributed by atoms with van der Waals surface area (Å²) in [5, 5.41) is 20.3. The van der Waals surface area contributed by atoms with Crippen LogP contribution in [0.25, 0.3) is 12.3 Å². The zero-order chi connectivity index (χ0) is 18.4. The van der Waals surface area contributed by atoms with Crippen LogP contribution in [0.4, 0.5) is 0 Å². The molecular weight excluding hydrogens is 363 g/mol. The predicted molar refractivity (Wildman–Crippen MR) is 79.4 cm³/mol. The number of ether oxygens (including phenoxy) is 2. The average Bonchev–Trinajstić information content (AvgIpc) is 2.81. The first-order chi connectivity index (χ1) is 11.7. The zero-order valence-corrected chi connectivity index (χ0v) is 13.4. The van der Waals surface area contributed by atoms with Crippen molar-refractivity contribution in [2.75, 3.05) is 13.2 Å². The van der Waals surface area contributed by atoms with Gasteiger partial charge in [0.1, 0.15) is 31.2 Å². The van der Waals surface area contributed by atoms with Crippen LogP contribution in [0, 0.1) is 0 Å². The van der Waals surface area contributed by atoms with Gasteiger partial charge in [0.2, 0.25) is 0 Å². The van der Waals surface area contributed by atoms with Crippen molar-refractivity contribution in [2.24, 2.45) is 0 Å². The van der Waals surface area contributed by atoms with Gasteiger partial charge in [0, 0.05) is 0 Å². The Morgan fingerprint density at radius 2 is 2.04 bits per heavy atom. The molecule has 5 N–H and O–H groups in total. The molecule has 0 unspecified atom stereocenters. The number of aliphatic hydroxyl groups is 2. The number of hydrogen-bond acceptors (Lipinski definition) is 8. The standard InChI is InChI=1S/C12H15N2O10P/c15-8-7(4-23-25(19,20)21)24-11(9(8)16)14-6-3-22-2-1-5(6)10(17)13-12(14)18/h1,3,7-9,11,15-16H,2,4H2,(H,13,17,18)(H2,19,20,21)/t7-,8-,9-,11-/m1/s1. The van der Waals surface area contributed by atoms with E-state index in [1.165, 1.54) is 6.08 Å². The minimum absolute atomic E-state index is 0.0350. The second-order valence-electron chi connectivity index (χ2n) is 5.42. The topological polar surface area (TPSA) is 181 Å². The quantitative estimate of drug-likeness (QED) is 0.322. The molecule has 1 aromatic rings. The fourth-order valence-corrected chi connectivity index (χ4v) is 3.00. The van der Waals surface area contributed by atoms with Crippen molar-refractivity contribution in [3.8, 4) is 0 Å². The summed E-state index contributed by atoms with van der Waals surface area (Å²) in [6, 6.07) is 0. The summed E-state index contributed by atoms with van der Waals surface area (Å²) < 4.78 is 26.3. The van der Waals surface area contributed by atoms with Crippen LogP contribution in [0.1, 0.15) is 6.23 Å². The van der Waals surface area contributed by atoms with Gasteiger partial charge in [-0.3, -0.25) is 18.9 Å². The second kappa shape index (κ2) is 6.50. The van der Waals surface area contributed by atoms with Crippen molar-refractivity contribution in [2.45, 2.75) is 24.5 Å². The van der Waals surface area contributed by atoms with E-state index < -0.39 is 50.2 Å². The van der Waals surface area contributed by atoms with Crippen molar-refractivity contribution < 1.29 is 38.6 Å². The van der Waals surface area contributed by atoms with Crippen LogP contribution in [0.3, 0.4) is 0 Å². The number of hydrogen-bond donors (Lipinski definition) is 5. The van der Waals surface area contributed by atoms with Gasteiger partial charge >= 0.3 is 13.5 Å². The lowest BCUT2D eigenvalue weighted by molar-refractivity contribution is -0.0560. The zero-order valence-electron chi connectivity index (χ0n) is 12.5. The summed E-state index contributed by atoms with van der Waals surface area (Å²) in [6.45, 7) is -0.602. The highest BCUT2D eigenvalue weighted by Crippen LogP contribution is 2.38. The molecular formula is C12H15N2O10P. The number of aromatic nitrogens is 2. The van der Waals surface area contributed by atoms with E-state index in [2.05, 4.69) is 9.51 Å². The van der Waals surface area contributed by atoms with Crippen molar-refractivity contribution in [1.82, 2.24) is 9.55 Å². The van der Waals surface area contributed by atoms with Gasteiger partial charge in [-0.05, 0) is 6.08 Å². The highest BCUT2D eigenvalue weighted by molar-refractivity contribution is 7.46. The Hall–Kier alpha value is -1.79. The SMILES string of the molecule is O=c1[nH]c(=O)n([C@@H]2O[C@H](COP(=O)(O)O)[C@@H](O)[C@H]2O)c2c1=CCOC=2. The summed E-state index contributed by atoms with van der Waals surface area (Å²) in [5.74, 6) is 0. The molecule has 0 bridgehead atoms. The smallest absolute Gasteiger partial charge is 0.469 e. The minimum Gasteiger partial charge on any atom is -0.495 e. The van der Waals surface area contributed by atoms with E-state index in [-0.39, 0.29) is 17.2 Å². The Bertz CT molecular complexity index is 946. The molecule has 13 heteroatoms. The average molecular weight is 378 g/mol. The number of rotatable bonds is 4. The van der Waals surface area contributed by atoms with E-state index in [1.807, 2.05) is 0 Å². The lowest BCUT2D eigenvalue weighted by Crippen LogP contribution is -2.57. The maximum absolute atomic E-state index is 12.2. The first kappa shape index (κ1) is 18.0. The fraction of sp³-hybridized carbons (Fsp3) is 0.500. The van der Waals surface area contributed by atoms with E-state index in [0.29, 0.717) is 0 Å². The van der Waals surface area contributed by atoms with E-state index >= 15 is 0 Å². The Labute approximate surface area is 138 Å². The molecule has 0 aliphatic carbocycles. The highest BCUT2D eigenvalue weighted by atomic mass is 31.2. The third kappa shape index (κ3) is 3.46. The molecule has 4 atom stereocenters. The molecule has 12 nitrogen and oxygen atoms in total. The normalized spacial score (nSPS) is 28.6. The number of phosphoric ester groups is 1. The maximum atomic E-state index is 12.2. The van der Waals surface area contributed by atoms with Crippen LogP contribution in [0.2, 0.25) is 0 Å². The Morgan fingerprint density at radius 1 is 1.32 bits per heavy atom. The highest BCUT2D eigenvalue weighted by Gasteiger charge is 2.45. The second-order valence-corrected chi connectivity index (χ2v) is 6.66. The summed E-state index contributed by atoms with van der Waals surface area (Å²) in [5.41, 5.74) is -1.56. The molecule has 0 spiro atoms. The van der Waals surface area contributed by atoms with Crippen LogP contribution < -0.4 is 21.8 Å². The number of nitrogens with zero attached hydrogens (tertiary/aromatic N) is 1. The third-order valence-electron chi connectivity index (χ3n) is 3.80. The molecule has 138 valence electrons. The Kier molecular flexibility index (Phi) is 4.68. The number of fused-ring (bicyclic) bond motifs is 1. The molecule has 3 rings (SSSR count). The van der Waals surface area contributed by atoms with Gasteiger partial charge in [-0.2, -0.15) is 0 Å². The molecule has 0 amide bonds. The first-order valence-corrected chi connectivity index (χ1v) is 8.60. The summed E-state index contributed by atoms with van der Waals surface area (Å²) in [7, 11) is -4.81. The van der Waals surface area contributed by atoms with Crippen LogP contribution in [-0.2, 0) is 18.6 Å². The summed E-state index contributed by atoms with van der Waals surface area (Å²) in [6.07, 6.45) is -3.36. The van der Waals surface area contributed by atoms with Gasteiger partial charge < -0.3 is 29.5 Å². The largest absolute Gasteiger partial charge is 0.495 e.